The quantitative estimate of drug-likeness (QED) is 0.190. The van der Waals surface area contributed by atoms with Gasteiger partial charge in [0.2, 0.25) is 5.95 Å². The molecule has 0 aliphatic heterocycles. The molecular formula is C46H28N4O. The summed E-state index contributed by atoms with van der Waals surface area (Å²) in [6.07, 6.45) is 0. The summed E-state index contributed by atoms with van der Waals surface area (Å²) in [5, 5.41) is 6.74. The summed E-state index contributed by atoms with van der Waals surface area (Å²) >= 11 is 0. The van der Waals surface area contributed by atoms with Gasteiger partial charge in [0.25, 0.3) is 0 Å². The molecule has 0 N–H and O–H groups in total. The van der Waals surface area contributed by atoms with Crippen molar-refractivity contribution in [3.63, 3.8) is 0 Å². The van der Waals surface area contributed by atoms with Crippen molar-refractivity contribution < 1.29 is 4.42 Å². The number of para-hydroxylation sites is 3. The van der Waals surface area contributed by atoms with Crippen molar-refractivity contribution in [2.45, 2.75) is 0 Å². The number of nitrogens with zero attached hydrogens (tertiary/aromatic N) is 4. The highest BCUT2D eigenvalue weighted by molar-refractivity contribution is 6.33. The van der Waals surface area contributed by atoms with E-state index in [1.807, 2.05) is 18.2 Å². The second kappa shape index (κ2) is 10.8. The summed E-state index contributed by atoms with van der Waals surface area (Å²) in [7, 11) is 0. The van der Waals surface area contributed by atoms with Crippen LogP contribution < -0.4 is 0 Å². The molecule has 238 valence electrons. The molecule has 0 aliphatic rings. The lowest BCUT2D eigenvalue weighted by molar-refractivity contribution is 0.673. The van der Waals surface area contributed by atoms with Crippen molar-refractivity contribution in [3.05, 3.63) is 170 Å². The lowest BCUT2D eigenvalue weighted by atomic mass is 10.0. The first-order valence-electron chi connectivity index (χ1n) is 17.2. The molecule has 0 saturated carbocycles. The van der Waals surface area contributed by atoms with Crippen molar-refractivity contribution in [3.8, 4) is 34.2 Å². The Morgan fingerprint density at radius 2 is 0.941 bits per heavy atom. The van der Waals surface area contributed by atoms with Crippen molar-refractivity contribution in [2.75, 3.05) is 0 Å². The van der Waals surface area contributed by atoms with Crippen LogP contribution in [-0.2, 0) is 0 Å². The third-order valence-corrected chi connectivity index (χ3v) is 10.1. The maximum absolute atomic E-state index is 6.76. The van der Waals surface area contributed by atoms with Crippen LogP contribution in [0.3, 0.4) is 0 Å². The Balaban J connectivity index is 1.31. The summed E-state index contributed by atoms with van der Waals surface area (Å²) in [6.45, 7) is 0. The lowest BCUT2D eigenvalue weighted by Crippen LogP contribution is -2.04. The van der Waals surface area contributed by atoms with E-state index in [1.54, 1.807) is 0 Å². The second-order valence-electron chi connectivity index (χ2n) is 13.0. The predicted molar refractivity (Wildman–Crippen MR) is 209 cm³/mol. The zero-order chi connectivity index (χ0) is 33.5. The van der Waals surface area contributed by atoms with Gasteiger partial charge in [0.15, 0.2) is 0 Å². The maximum atomic E-state index is 6.76. The van der Waals surface area contributed by atoms with Gasteiger partial charge < -0.3 is 8.98 Å². The normalized spacial score (nSPS) is 11.9. The highest BCUT2D eigenvalue weighted by Crippen LogP contribution is 2.46. The minimum Gasteiger partial charge on any atom is -0.455 e. The third kappa shape index (κ3) is 4.09. The van der Waals surface area contributed by atoms with Crippen LogP contribution in [0.5, 0.6) is 0 Å². The van der Waals surface area contributed by atoms with E-state index in [9.17, 15) is 0 Å². The van der Waals surface area contributed by atoms with E-state index in [0.29, 0.717) is 5.95 Å². The Kier molecular flexibility index (Phi) is 5.89. The summed E-state index contributed by atoms with van der Waals surface area (Å²) in [4.78, 5) is 10.5. The van der Waals surface area contributed by atoms with Crippen LogP contribution in [0.2, 0.25) is 0 Å². The van der Waals surface area contributed by atoms with Crippen LogP contribution in [0, 0.1) is 0 Å². The molecule has 11 rings (SSSR count). The fourth-order valence-electron chi connectivity index (χ4n) is 7.94. The molecule has 5 nitrogen and oxygen atoms in total. The summed E-state index contributed by atoms with van der Waals surface area (Å²) < 4.78 is 11.4. The van der Waals surface area contributed by atoms with Crippen molar-refractivity contribution in [1.29, 1.82) is 0 Å². The number of hydrogen-bond acceptors (Lipinski definition) is 3. The molecule has 0 saturated heterocycles. The molecule has 11 aromatic rings. The molecule has 4 aromatic heterocycles. The maximum Gasteiger partial charge on any atom is 0.235 e. The average molecular weight is 653 g/mol. The first-order chi connectivity index (χ1) is 25.3. The summed E-state index contributed by atoms with van der Waals surface area (Å²) in [5.41, 5.74) is 11.0. The first-order valence-corrected chi connectivity index (χ1v) is 17.2. The molecule has 7 aromatic carbocycles. The van der Waals surface area contributed by atoms with Crippen LogP contribution in [0.1, 0.15) is 0 Å². The van der Waals surface area contributed by atoms with Gasteiger partial charge in [-0.05, 0) is 54.6 Å². The standard InChI is InChI=1S/C46H28N4O/c1-4-14-29(15-5-1)35-28-36(30-16-6-2-7-17-30)48-46(47-35)50-37-22-12-10-21-34(37)42-38(50)26-27-39-43(42)44-40(49(39)31-18-8-3-9-19-31)25-24-33-32-20-11-13-23-41(32)51-45(33)44/h1-28H. The van der Waals surface area contributed by atoms with Gasteiger partial charge in [-0.15, -0.1) is 0 Å². The minimum atomic E-state index is 0.626. The Labute approximate surface area is 292 Å². The SMILES string of the molecule is c1ccc(-c2cc(-c3ccccc3)nc(-n3c4ccccc4c4c5c6c7oc8ccccc8c7ccc6n(-c6ccccc6)c5ccc43)n2)cc1. The Morgan fingerprint density at radius 1 is 0.392 bits per heavy atom. The van der Waals surface area contributed by atoms with E-state index in [0.717, 1.165) is 93.8 Å². The summed E-state index contributed by atoms with van der Waals surface area (Å²) in [5.74, 6) is 0.626. The van der Waals surface area contributed by atoms with Gasteiger partial charge in [0.05, 0.1) is 38.8 Å². The molecule has 0 spiro atoms. The molecule has 0 radical (unpaired) electrons. The van der Waals surface area contributed by atoms with Crippen LogP contribution in [0.4, 0.5) is 0 Å². The van der Waals surface area contributed by atoms with Crippen molar-refractivity contribution >= 4 is 65.6 Å². The number of fused-ring (bicyclic) bond motifs is 11. The number of furan rings is 1. The lowest BCUT2D eigenvalue weighted by Gasteiger charge is -2.12. The van der Waals surface area contributed by atoms with E-state index in [1.165, 1.54) is 0 Å². The second-order valence-corrected chi connectivity index (χ2v) is 13.0. The fraction of sp³-hybridized carbons (Fsp3) is 0. The monoisotopic (exact) mass is 652 g/mol. The molecule has 0 aliphatic carbocycles. The van der Waals surface area contributed by atoms with E-state index in [4.69, 9.17) is 14.4 Å². The Morgan fingerprint density at radius 3 is 1.65 bits per heavy atom. The topological polar surface area (TPSA) is 48.8 Å². The molecule has 5 heteroatoms. The highest BCUT2D eigenvalue weighted by Gasteiger charge is 2.24. The smallest absolute Gasteiger partial charge is 0.235 e. The molecule has 0 fully saturated rings. The van der Waals surface area contributed by atoms with E-state index in [-0.39, 0.29) is 0 Å². The number of aromatic nitrogens is 4. The molecule has 0 amide bonds. The predicted octanol–water partition coefficient (Wildman–Crippen LogP) is 11.9. The molecular weight excluding hydrogens is 625 g/mol. The van der Waals surface area contributed by atoms with Crippen LogP contribution in [0.15, 0.2) is 174 Å². The average Bonchev–Trinajstić information content (AvgIpc) is 3.86. The van der Waals surface area contributed by atoms with Gasteiger partial charge in [0, 0.05) is 43.7 Å². The third-order valence-electron chi connectivity index (χ3n) is 10.1. The summed E-state index contributed by atoms with van der Waals surface area (Å²) in [6, 6.07) is 59.2. The van der Waals surface area contributed by atoms with E-state index >= 15 is 0 Å². The molecule has 51 heavy (non-hydrogen) atoms. The Bertz CT molecular complexity index is 3060. The fourth-order valence-corrected chi connectivity index (χ4v) is 7.94. The van der Waals surface area contributed by atoms with Gasteiger partial charge in [-0.1, -0.05) is 115 Å². The van der Waals surface area contributed by atoms with Gasteiger partial charge in [-0.2, -0.15) is 0 Å². The van der Waals surface area contributed by atoms with E-state index < -0.39 is 0 Å². The van der Waals surface area contributed by atoms with Crippen molar-refractivity contribution in [2.24, 2.45) is 0 Å². The van der Waals surface area contributed by atoms with Gasteiger partial charge in [0.1, 0.15) is 11.2 Å². The number of rotatable bonds is 4. The van der Waals surface area contributed by atoms with Gasteiger partial charge in [-0.3, -0.25) is 4.57 Å². The Hall–Kier alpha value is -6.98. The highest BCUT2D eigenvalue weighted by atomic mass is 16.3. The molecule has 0 atom stereocenters. The van der Waals surface area contributed by atoms with Crippen molar-refractivity contribution in [1.82, 2.24) is 19.1 Å². The zero-order valence-electron chi connectivity index (χ0n) is 27.4. The molecule has 4 heterocycles. The zero-order valence-corrected chi connectivity index (χ0v) is 27.4. The van der Waals surface area contributed by atoms with Crippen LogP contribution in [0.25, 0.3) is 99.7 Å². The number of hydrogen-bond donors (Lipinski definition) is 0. The minimum absolute atomic E-state index is 0.626. The molecule has 0 unspecified atom stereocenters. The number of benzene rings is 7. The first kappa shape index (κ1) is 27.9. The van der Waals surface area contributed by atoms with Crippen LogP contribution in [-0.4, -0.2) is 19.1 Å². The molecule has 0 bridgehead atoms. The van der Waals surface area contributed by atoms with Gasteiger partial charge >= 0.3 is 0 Å². The van der Waals surface area contributed by atoms with Gasteiger partial charge in [-0.25, -0.2) is 9.97 Å². The largest absolute Gasteiger partial charge is 0.455 e. The van der Waals surface area contributed by atoms with Crippen LogP contribution >= 0.6 is 0 Å². The van der Waals surface area contributed by atoms with E-state index in [2.05, 4.69) is 161 Å².